The molecule has 0 amide bonds. The molecular weight excluding hydrogens is 100 g/mol. The van der Waals surface area contributed by atoms with Crippen molar-refractivity contribution in [2.24, 2.45) is 0 Å². The van der Waals surface area contributed by atoms with Crippen LogP contribution in [0.15, 0.2) is 6.08 Å². The first kappa shape index (κ1) is 5.83. The van der Waals surface area contributed by atoms with E-state index < -0.39 is 0 Å². The van der Waals surface area contributed by atoms with Crippen LogP contribution in [0.3, 0.4) is 0 Å². The van der Waals surface area contributed by atoms with Gasteiger partial charge in [-0.15, -0.1) is 0 Å². The Morgan fingerprint density at radius 2 is 2.62 bits per heavy atom. The molecule has 1 aliphatic rings. The van der Waals surface area contributed by atoms with E-state index in [9.17, 15) is 0 Å². The Morgan fingerprint density at radius 3 is 3.00 bits per heavy atom. The quantitative estimate of drug-likeness (QED) is 0.498. The molecule has 0 fully saturated rings. The summed E-state index contributed by atoms with van der Waals surface area (Å²) in [5, 5.41) is 0. The molecule has 0 bridgehead atoms. The predicted molar refractivity (Wildman–Crippen MR) is 32.5 cm³/mol. The minimum absolute atomic E-state index is 0.469. The highest BCUT2D eigenvalue weighted by molar-refractivity contribution is 4.84. The van der Waals surface area contributed by atoms with Crippen LogP contribution in [0.1, 0.15) is 19.3 Å². The van der Waals surface area contributed by atoms with Gasteiger partial charge in [-0.25, -0.2) is 0 Å². The van der Waals surface area contributed by atoms with Crippen molar-refractivity contribution in [3.05, 3.63) is 12.2 Å². The van der Waals surface area contributed by atoms with Gasteiger partial charge >= 0.3 is 0 Å². The second-order valence-corrected chi connectivity index (χ2v) is 2.04. The van der Waals surface area contributed by atoms with Crippen molar-refractivity contribution in [1.82, 2.24) is 0 Å². The molecule has 1 radical (unpaired) electrons. The largest absolute Gasteiger partial charge is 0.381 e. The van der Waals surface area contributed by atoms with E-state index in [1.165, 1.54) is 0 Å². The molecule has 1 heteroatoms. The number of hydrogen-bond acceptors (Lipinski definition) is 1. The highest BCUT2D eigenvalue weighted by Gasteiger charge is 2.06. The molecule has 8 heavy (non-hydrogen) atoms. The molecule has 1 rings (SSSR count). The Morgan fingerprint density at radius 1 is 1.75 bits per heavy atom. The van der Waals surface area contributed by atoms with E-state index in [1.54, 1.807) is 7.11 Å². The molecule has 45 valence electrons. The summed E-state index contributed by atoms with van der Waals surface area (Å²) < 4.78 is 5.12. The van der Waals surface area contributed by atoms with Crippen LogP contribution >= 0.6 is 0 Å². The lowest BCUT2D eigenvalue weighted by Crippen LogP contribution is -2.10. The van der Waals surface area contributed by atoms with Gasteiger partial charge in [-0.3, -0.25) is 0 Å². The summed E-state index contributed by atoms with van der Waals surface area (Å²) >= 11 is 0. The van der Waals surface area contributed by atoms with Crippen LogP contribution in [0.2, 0.25) is 0 Å². The average Bonchev–Trinajstić information content (AvgIpc) is 1.90. The third-order valence-electron chi connectivity index (χ3n) is 1.47. The maximum Gasteiger partial charge on any atom is 0.0609 e. The monoisotopic (exact) mass is 111 g/mol. The Labute approximate surface area is 50.3 Å². The van der Waals surface area contributed by atoms with Crippen molar-refractivity contribution < 1.29 is 4.74 Å². The smallest absolute Gasteiger partial charge is 0.0609 e. The predicted octanol–water partition coefficient (Wildman–Crippen LogP) is 1.54. The van der Waals surface area contributed by atoms with E-state index in [1.807, 2.05) is 0 Å². The van der Waals surface area contributed by atoms with E-state index in [2.05, 4.69) is 12.2 Å². The molecular formula is C7H11O. The fourth-order valence-corrected chi connectivity index (χ4v) is 0.893. The van der Waals surface area contributed by atoms with Crippen LogP contribution in [0.25, 0.3) is 0 Å². The van der Waals surface area contributed by atoms with E-state index >= 15 is 0 Å². The van der Waals surface area contributed by atoms with Crippen molar-refractivity contribution in [3.8, 4) is 0 Å². The van der Waals surface area contributed by atoms with Gasteiger partial charge in [0.15, 0.2) is 0 Å². The van der Waals surface area contributed by atoms with Gasteiger partial charge < -0.3 is 4.74 Å². The van der Waals surface area contributed by atoms with Crippen LogP contribution in [0.5, 0.6) is 0 Å². The van der Waals surface area contributed by atoms with E-state index in [0.717, 1.165) is 19.3 Å². The molecule has 1 unspecified atom stereocenters. The molecule has 0 heterocycles. The van der Waals surface area contributed by atoms with Gasteiger partial charge in [0.2, 0.25) is 0 Å². The van der Waals surface area contributed by atoms with Crippen molar-refractivity contribution in [2.75, 3.05) is 7.11 Å². The first-order valence-electron chi connectivity index (χ1n) is 3.01. The van der Waals surface area contributed by atoms with Crippen LogP contribution in [0.4, 0.5) is 0 Å². The minimum Gasteiger partial charge on any atom is -0.381 e. The third kappa shape index (κ3) is 1.34. The summed E-state index contributed by atoms with van der Waals surface area (Å²) in [4.78, 5) is 0. The van der Waals surface area contributed by atoms with Gasteiger partial charge in [-0.1, -0.05) is 6.08 Å². The molecule has 0 aromatic carbocycles. The Hall–Kier alpha value is -0.300. The zero-order valence-electron chi connectivity index (χ0n) is 5.18. The molecule has 0 N–H and O–H groups in total. The molecule has 0 aliphatic heterocycles. The van der Waals surface area contributed by atoms with Crippen molar-refractivity contribution in [2.45, 2.75) is 25.4 Å². The normalized spacial score (nSPS) is 28.4. The Balaban J connectivity index is 2.27. The van der Waals surface area contributed by atoms with E-state index in [0.29, 0.717) is 6.10 Å². The van der Waals surface area contributed by atoms with Crippen molar-refractivity contribution >= 4 is 0 Å². The van der Waals surface area contributed by atoms with Gasteiger partial charge in [-0.05, 0) is 25.3 Å². The SMILES string of the molecule is COC1CC=[C]CC1. The Bertz CT molecular complexity index is 86.4. The molecule has 0 spiro atoms. The zero-order valence-corrected chi connectivity index (χ0v) is 5.18. The molecule has 1 nitrogen and oxygen atoms in total. The number of ether oxygens (including phenoxy) is 1. The lowest BCUT2D eigenvalue weighted by molar-refractivity contribution is 0.0946. The van der Waals surface area contributed by atoms with Crippen molar-refractivity contribution in [3.63, 3.8) is 0 Å². The van der Waals surface area contributed by atoms with Gasteiger partial charge in [0.25, 0.3) is 0 Å². The Kier molecular flexibility index (Phi) is 2.10. The summed E-state index contributed by atoms with van der Waals surface area (Å²) in [6, 6.07) is 0. The first-order valence-corrected chi connectivity index (χ1v) is 3.01. The number of methoxy groups -OCH3 is 1. The third-order valence-corrected chi connectivity index (χ3v) is 1.47. The first-order chi connectivity index (χ1) is 3.93. The fraction of sp³-hybridized carbons (Fsp3) is 0.714. The van der Waals surface area contributed by atoms with Crippen LogP contribution in [-0.2, 0) is 4.74 Å². The highest BCUT2D eigenvalue weighted by atomic mass is 16.5. The number of allylic oxidation sites excluding steroid dienone is 1. The number of rotatable bonds is 1. The molecule has 0 aromatic heterocycles. The van der Waals surface area contributed by atoms with Gasteiger partial charge in [0.1, 0.15) is 0 Å². The lowest BCUT2D eigenvalue weighted by Gasteiger charge is -2.14. The van der Waals surface area contributed by atoms with Gasteiger partial charge in [0, 0.05) is 7.11 Å². The summed E-state index contributed by atoms with van der Waals surface area (Å²) in [5.74, 6) is 0. The molecule has 0 saturated carbocycles. The van der Waals surface area contributed by atoms with E-state index in [-0.39, 0.29) is 0 Å². The maximum atomic E-state index is 5.12. The summed E-state index contributed by atoms with van der Waals surface area (Å²) in [5.41, 5.74) is 0. The maximum absolute atomic E-state index is 5.12. The molecule has 0 saturated heterocycles. The second kappa shape index (κ2) is 2.88. The standard InChI is InChI=1S/C7H11O/c1-8-7-5-3-2-4-6-7/h3,7H,4-6H2,1H3. The topological polar surface area (TPSA) is 9.23 Å². The van der Waals surface area contributed by atoms with Crippen molar-refractivity contribution in [1.29, 1.82) is 0 Å². The van der Waals surface area contributed by atoms with Crippen LogP contribution < -0.4 is 0 Å². The molecule has 0 aromatic rings. The number of hydrogen-bond donors (Lipinski definition) is 0. The highest BCUT2D eigenvalue weighted by Crippen LogP contribution is 2.11. The minimum atomic E-state index is 0.469. The lowest BCUT2D eigenvalue weighted by atomic mass is 10.1. The molecule has 1 atom stereocenters. The second-order valence-electron chi connectivity index (χ2n) is 2.04. The van der Waals surface area contributed by atoms with Gasteiger partial charge in [-0.2, -0.15) is 0 Å². The van der Waals surface area contributed by atoms with Crippen LogP contribution in [0, 0.1) is 6.08 Å². The molecule has 1 aliphatic carbocycles. The average molecular weight is 111 g/mol. The summed E-state index contributed by atoms with van der Waals surface area (Å²) in [7, 11) is 1.77. The zero-order chi connectivity index (χ0) is 5.82. The van der Waals surface area contributed by atoms with E-state index in [4.69, 9.17) is 4.74 Å². The summed E-state index contributed by atoms with van der Waals surface area (Å²) in [6.45, 7) is 0. The summed E-state index contributed by atoms with van der Waals surface area (Å²) in [6.07, 6.45) is 8.95. The van der Waals surface area contributed by atoms with Crippen LogP contribution in [-0.4, -0.2) is 13.2 Å². The fourth-order valence-electron chi connectivity index (χ4n) is 0.893. The van der Waals surface area contributed by atoms with Gasteiger partial charge in [0.05, 0.1) is 6.10 Å².